The van der Waals surface area contributed by atoms with Crippen LogP contribution in [0.15, 0.2) is 72.8 Å². The molecule has 2 aromatic carbocycles. The van der Waals surface area contributed by atoms with Gasteiger partial charge in [0.1, 0.15) is 18.2 Å². The predicted molar refractivity (Wildman–Crippen MR) is 115 cm³/mol. The summed E-state index contributed by atoms with van der Waals surface area (Å²) in [6.07, 6.45) is 2.52. The van der Waals surface area contributed by atoms with Crippen LogP contribution in [0, 0.1) is 0 Å². The smallest absolute Gasteiger partial charge is 0.408 e. The molecule has 6 nitrogen and oxygen atoms in total. The third kappa shape index (κ3) is 9.39. The van der Waals surface area contributed by atoms with Crippen LogP contribution in [-0.4, -0.2) is 30.3 Å². The largest absolute Gasteiger partial charge is 0.459 e. The molecular formula is C24H29NO5. The van der Waals surface area contributed by atoms with E-state index in [1.807, 2.05) is 60.7 Å². The summed E-state index contributed by atoms with van der Waals surface area (Å²) in [5.74, 6) is -0.580. The highest BCUT2D eigenvalue weighted by atomic mass is 16.6. The summed E-state index contributed by atoms with van der Waals surface area (Å²) in [5.41, 5.74) is 1.24. The zero-order valence-electron chi connectivity index (χ0n) is 17.7. The maximum absolute atomic E-state index is 12.5. The lowest BCUT2D eigenvalue weighted by molar-refractivity contribution is -0.146. The standard InChI is InChI=1S/C24H29NO5/c1-24(2,3)30-23(27)25-21(22(26)29-18-20-13-8-5-9-14-20)15-10-16-28-17-19-11-6-4-7-12-19/h4-15,21H,16-18H2,1-3H3,(H,25,27)/b15-10+. The zero-order valence-corrected chi connectivity index (χ0v) is 17.7. The Hall–Kier alpha value is -3.12. The average Bonchev–Trinajstić information content (AvgIpc) is 2.71. The Morgan fingerprint density at radius 3 is 2.07 bits per heavy atom. The minimum absolute atomic E-state index is 0.116. The normalized spacial score (nSPS) is 12.4. The molecule has 0 radical (unpaired) electrons. The van der Waals surface area contributed by atoms with Crippen molar-refractivity contribution >= 4 is 12.1 Å². The van der Waals surface area contributed by atoms with Crippen molar-refractivity contribution in [3.8, 4) is 0 Å². The van der Waals surface area contributed by atoms with Gasteiger partial charge in [0.15, 0.2) is 0 Å². The molecule has 0 spiro atoms. The Morgan fingerprint density at radius 2 is 1.50 bits per heavy atom. The van der Waals surface area contributed by atoms with Gasteiger partial charge in [0.05, 0.1) is 13.2 Å². The van der Waals surface area contributed by atoms with E-state index in [-0.39, 0.29) is 13.2 Å². The molecule has 0 aliphatic rings. The fraction of sp³-hybridized carbons (Fsp3) is 0.333. The Morgan fingerprint density at radius 1 is 0.933 bits per heavy atom. The molecule has 0 fully saturated rings. The highest BCUT2D eigenvalue weighted by molar-refractivity contribution is 5.83. The van der Waals surface area contributed by atoms with Crippen LogP contribution in [0.3, 0.4) is 0 Å². The van der Waals surface area contributed by atoms with E-state index < -0.39 is 23.7 Å². The summed E-state index contributed by atoms with van der Waals surface area (Å²) < 4.78 is 16.2. The second kappa shape index (κ2) is 11.8. The van der Waals surface area contributed by atoms with Gasteiger partial charge in [-0.15, -0.1) is 0 Å². The maximum atomic E-state index is 12.5. The molecule has 0 saturated carbocycles. The molecule has 0 aliphatic carbocycles. The van der Waals surface area contributed by atoms with Gasteiger partial charge >= 0.3 is 12.1 Å². The average molecular weight is 411 g/mol. The number of alkyl carbamates (subject to hydrolysis) is 1. The third-order valence-electron chi connectivity index (χ3n) is 3.80. The number of hydrogen-bond donors (Lipinski definition) is 1. The minimum atomic E-state index is -0.983. The second-order valence-electron chi connectivity index (χ2n) is 7.65. The van der Waals surface area contributed by atoms with Gasteiger partial charge in [-0.25, -0.2) is 9.59 Å². The molecule has 0 heterocycles. The van der Waals surface area contributed by atoms with Crippen LogP contribution in [-0.2, 0) is 32.2 Å². The Kier molecular flexibility index (Phi) is 9.09. The quantitative estimate of drug-likeness (QED) is 0.376. The first-order valence-electron chi connectivity index (χ1n) is 9.82. The van der Waals surface area contributed by atoms with Gasteiger partial charge in [0, 0.05) is 0 Å². The predicted octanol–water partition coefficient (Wildman–Crippen LogP) is 4.40. The van der Waals surface area contributed by atoms with Gasteiger partial charge in [-0.3, -0.25) is 0 Å². The van der Waals surface area contributed by atoms with Gasteiger partial charge in [-0.2, -0.15) is 0 Å². The van der Waals surface area contributed by atoms with Crippen molar-refractivity contribution in [2.75, 3.05) is 6.61 Å². The number of carbonyl (C=O) groups excluding carboxylic acids is 2. The Labute approximate surface area is 177 Å². The maximum Gasteiger partial charge on any atom is 0.408 e. The summed E-state index contributed by atoms with van der Waals surface area (Å²) in [5, 5.41) is 2.54. The molecule has 160 valence electrons. The van der Waals surface area contributed by atoms with Gasteiger partial charge in [0.2, 0.25) is 0 Å². The van der Waals surface area contributed by atoms with Gasteiger partial charge in [-0.1, -0.05) is 72.8 Å². The third-order valence-corrected chi connectivity index (χ3v) is 3.80. The van der Waals surface area contributed by atoms with Crippen LogP contribution in [0.25, 0.3) is 0 Å². The highest BCUT2D eigenvalue weighted by Gasteiger charge is 2.23. The summed E-state index contributed by atoms with van der Waals surface area (Å²) >= 11 is 0. The molecule has 2 aromatic rings. The van der Waals surface area contributed by atoms with Crippen LogP contribution >= 0.6 is 0 Å². The van der Waals surface area contributed by atoms with Crippen molar-refractivity contribution in [3.05, 3.63) is 83.9 Å². The lowest BCUT2D eigenvalue weighted by Gasteiger charge is -2.21. The number of benzene rings is 2. The van der Waals surface area contributed by atoms with Crippen molar-refractivity contribution in [2.24, 2.45) is 0 Å². The molecule has 2 rings (SSSR count). The molecule has 0 aliphatic heterocycles. The molecule has 1 amide bonds. The fourth-order valence-electron chi connectivity index (χ4n) is 2.45. The molecule has 6 heteroatoms. The second-order valence-corrected chi connectivity index (χ2v) is 7.65. The van der Waals surface area contributed by atoms with Crippen molar-refractivity contribution in [1.82, 2.24) is 5.32 Å². The number of hydrogen-bond acceptors (Lipinski definition) is 5. The summed E-state index contributed by atoms with van der Waals surface area (Å²) in [6, 6.07) is 18.1. The van der Waals surface area contributed by atoms with Crippen molar-refractivity contribution < 1.29 is 23.8 Å². The van der Waals surface area contributed by atoms with Crippen LogP contribution in [0.2, 0.25) is 0 Å². The monoisotopic (exact) mass is 411 g/mol. The lowest BCUT2D eigenvalue weighted by atomic mass is 10.2. The highest BCUT2D eigenvalue weighted by Crippen LogP contribution is 2.08. The SMILES string of the molecule is CC(C)(C)OC(=O)NC(/C=C/COCc1ccccc1)C(=O)OCc1ccccc1. The Bertz CT molecular complexity index is 812. The van der Waals surface area contributed by atoms with Crippen LogP contribution in [0.1, 0.15) is 31.9 Å². The van der Waals surface area contributed by atoms with Crippen molar-refractivity contribution in [3.63, 3.8) is 0 Å². The molecule has 0 aromatic heterocycles. The van der Waals surface area contributed by atoms with Crippen LogP contribution in [0.5, 0.6) is 0 Å². The van der Waals surface area contributed by atoms with E-state index >= 15 is 0 Å². The number of amides is 1. The first-order chi connectivity index (χ1) is 14.3. The Balaban J connectivity index is 1.91. The van der Waals surface area contributed by atoms with E-state index in [1.54, 1.807) is 32.9 Å². The molecule has 1 atom stereocenters. The van der Waals surface area contributed by atoms with Crippen molar-refractivity contribution in [1.29, 1.82) is 0 Å². The van der Waals surface area contributed by atoms with E-state index in [0.29, 0.717) is 6.61 Å². The first-order valence-corrected chi connectivity index (χ1v) is 9.82. The van der Waals surface area contributed by atoms with E-state index in [1.165, 1.54) is 0 Å². The topological polar surface area (TPSA) is 73.9 Å². The summed E-state index contributed by atoms with van der Waals surface area (Å²) in [6.45, 7) is 6.11. The number of ether oxygens (including phenoxy) is 3. The van der Waals surface area contributed by atoms with Crippen LogP contribution in [0.4, 0.5) is 4.79 Å². The van der Waals surface area contributed by atoms with Crippen molar-refractivity contribution in [2.45, 2.75) is 45.6 Å². The molecule has 0 bridgehead atoms. The first kappa shape index (κ1) is 23.2. The van der Waals surface area contributed by atoms with E-state index in [2.05, 4.69) is 5.32 Å². The fourth-order valence-corrected chi connectivity index (χ4v) is 2.45. The van der Waals surface area contributed by atoms with E-state index in [4.69, 9.17) is 14.2 Å². The van der Waals surface area contributed by atoms with E-state index in [9.17, 15) is 9.59 Å². The number of esters is 1. The molecule has 0 saturated heterocycles. The molecular weight excluding hydrogens is 382 g/mol. The van der Waals surface area contributed by atoms with Gasteiger partial charge in [-0.05, 0) is 31.9 Å². The summed E-state index contributed by atoms with van der Waals surface area (Å²) in [4.78, 5) is 24.6. The van der Waals surface area contributed by atoms with Gasteiger partial charge in [0.25, 0.3) is 0 Å². The number of carbonyl (C=O) groups is 2. The molecule has 1 unspecified atom stereocenters. The lowest BCUT2D eigenvalue weighted by Crippen LogP contribution is -2.43. The number of rotatable bonds is 9. The molecule has 1 N–H and O–H groups in total. The molecule has 30 heavy (non-hydrogen) atoms. The van der Waals surface area contributed by atoms with Gasteiger partial charge < -0.3 is 19.5 Å². The number of nitrogens with one attached hydrogen (secondary N) is 1. The minimum Gasteiger partial charge on any atom is -0.459 e. The zero-order chi connectivity index (χ0) is 21.8. The summed E-state index contributed by atoms with van der Waals surface area (Å²) in [7, 11) is 0. The van der Waals surface area contributed by atoms with E-state index in [0.717, 1.165) is 11.1 Å². The van der Waals surface area contributed by atoms with Crippen LogP contribution < -0.4 is 5.32 Å².